The number of fused-ring (bicyclic) bond motifs is 3. The van der Waals surface area contributed by atoms with E-state index in [1.54, 1.807) is 27.7 Å². The number of carbonyl (C=O) groups is 1. The van der Waals surface area contributed by atoms with E-state index in [1.165, 1.54) is 0 Å². The van der Waals surface area contributed by atoms with Crippen LogP contribution in [-0.2, 0) is 28.5 Å². The summed E-state index contributed by atoms with van der Waals surface area (Å²) >= 11 is 0. The molecule has 1 N–H and O–H groups in total. The van der Waals surface area contributed by atoms with Gasteiger partial charge in [-0.2, -0.15) is 0 Å². The van der Waals surface area contributed by atoms with Crippen LogP contribution in [0.4, 0.5) is 0 Å². The minimum atomic E-state index is -1.50. The highest BCUT2D eigenvalue weighted by molar-refractivity contribution is 5.65. The predicted octanol–water partition coefficient (Wildman–Crippen LogP) is -0.0557. The Morgan fingerprint density at radius 1 is 0.950 bits per heavy atom. The van der Waals surface area contributed by atoms with Crippen LogP contribution in [0.2, 0.25) is 0 Å². The van der Waals surface area contributed by atoms with Crippen LogP contribution in [-0.4, -0.2) is 59.8 Å². The molecule has 0 aromatic carbocycles. The summed E-state index contributed by atoms with van der Waals surface area (Å²) in [5, 5.41) is 9.62. The highest BCUT2D eigenvalue weighted by Crippen LogP contribution is 2.47. The molecule has 114 valence electrons. The van der Waals surface area contributed by atoms with Crippen LogP contribution in [0, 0.1) is 0 Å². The highest BCUT2D eigenvalue weighted by atomic mass is 16.9. The van der Waals surface area contributed by atoms with Crippen LogP contribution in [0.1, 0.15) is 27.7 Å². The summed E-state index contributed by atoms with van der Waals surface area (Å²) in [4.78, 5) is 11.5. The first-order valence-electron chi connectivity index (χ1n) is 6.68. The molecule has 3 rings (SSSR count). The van der Waals surface area contributed by atoms with Crippen LogP contribution < -0.4 is 0 Å². The first-order valence-corrected chi connectivity index (χ1v) is 6.68. The van der Waals surface area contributed by atoms with Crippen LogP contribution in [0.3, 0.4) is 0 Å². The molecular formula is C13H20O7. The first-order chi connectivity index (χ1) is 9.22. The fourth-order valence-corrected chi connectivity index (χ4v) is 3.02. The summed E-state index contributed by atoms with van der Waals surface area (Å²) in [6, 6.07) is 0. The number of carbonyl (C=O) groups excluding carboxylic acids is 1. The van der Waals surface area contributed by atoms with Crippen LogP contribution in [0.15, 0.2) is 0 Å². The summed E-state index contributed by atoms with van der Waals surface area (Å²) in [6.45, 7) is 6.49. The van der Waals surface area contributed by atoms with Crippen LogP contribution >= 0.6 is 0 Å². The summed E-state index contributed by atoms with van der Waals surface area (Å²) in [7, 11) is 0. The number of ether oxygens (including phenoxy) is 5. The van der Waals surface area contributed by atoms with Crippen molar-refractivity contribution in [1.29, 1.82) is 0 Å². The SMILES string of the molecule is CC1(C)O[C@H]2OC(C=O)(CO)[C@@H]3OC(C)(C)O[C@@H]3[C@H]2O1. The predicted molar refractivity (Wildman–Crippen MR) is 64.6 cm³/mol. The standard InChI is InChI=1S/C13H20O7/c1-11(2)16-7-8-10(19-12(3,4)17-8)20-13(5-14,6-15)9(7)18-11/h5,7-10,15H,6H2,1-4H3/t7-,8-,9-,10+,13?/m1/s1. The molecule has 0 spiro atoms. The fraction of sp³-hybridized carbons (Fsp3) is 0.923. The van der Waals surface area contributed by atoms with Crippen LogP contribution in [0.25, 0.3) is 0 Å². The molecular weight excluding hydrogens is 268 g/mol. The van der Waals surface area contributed by atoms with Crippen molar-refractivity contribution in [3.63, 3.8) is 0 Å². The van der Waals surface area contributed by atoms with E-state index in [0.29, 0.717) is 6.29 Å². The van der Waals surface area contributed by atoms with Crippen molar-refractivity contribution in [2.24, 2.45) is 0 Å². The molecule has 3 fully saturated rings. The number of hydrogen-bond acceptors (Lipinski definition) is 7. The van der Waals surface area contributed by atoms with E-state index < -0.39 is 48.4 Å². The van der Waals surface area contributed by atoms with Crippen molar-refractivity contribution in [2.45, 2.75) is 69.5 Å². The van der Waals surface area contributed by atoms with Gasteiger partial charge in [0.15, 0.2) is 29.8 Å². The lowest BCUT2D eigenvalue weighted by molar-refractivity contribution is -0.271. The average Bonchev–Trinajstić information content (AvgIpc) is 2.83. The Morgan fingerprint density at radius 2 is 1.55 bits per heavy atom. The van der Waals surface area contributed by atoms with Crippen molar-refractivity contribution < 1.29 is 33.6 Å². The van der Waals surface area contributed by atoms with Gasteiger partial charge in [0.2, 0.25) is 0 Å². The number of aliphatic hydroxyl groups is 1. The minimum Gasteiger partial charge on any atom is -0.393 e. The summed E-state index contributed by atoms with van der Waals surface area (Å²) < 4.78 is 28.7. The van der Waals surface area contributed by atoms with Gasteiger partial charge in [-0.3, -0.25) is 4.79 Å². The normalized spacial score (nSPS) is 48.6. The maximum absolute atomic E-state index is 11.5. The molecule has 0 bridgehead atoms. The molecule has 7 nitrogen and oxygen atoms in total. The molecule has 3 aliphatic heterocycles. The zero-order chi connectivity index (χ0) is 14.8. The van der Waals surface area contributed by atoms with Gasteiger partial charge in [-0.25, -0.2) is 0 Å². The second-order valence-corrected chi connectivity index (χ2v) is 6.34. The Morgan fingerprint density at radius 3 is 2.15 bits per heavy atom. The molecule has 1 unspecified atom stereocenters. The third-order valence-electron chi connectivity index (χ3n) is 3.80. The molecule has 7 heteroatoms. The van der Waals surface area contributed by atoms with E-state index in [0.717, 1.165) is 0 Å². The number of aliphatic hydroxyl groups excluding tert-OH is 1. The van der Waals surface area contributed by atoms with Crippen molar-refractivity contribution in [1.82, 2.24) is 0 Å². The average molecular weight is 288 g/mol. The number of aldehydes is 1. The van der Waals surface area contributed by atoms with Gasteiger partial charge < -0.3 is 28.8 Å². The largest absolute Gasteiger partial charge is 0.393 e. The van der Waals surface area contributed by atoms with Gasteiger partial charge in [0.1, 0.15) is 18.3 Å². The molecule has 3 aliphatic rings. The molecule has 0 saturated carbocycles. The zero-order valence-corrected chi connectivity index (χ0v) is 12.0. The van der Waals surface area contributed by atoms with E-state index in [9.17, 15) is 9.90 Å². The Hall–Kier alpha value is -0.570. The van der Waals surface area contributed by atoms with Gasteiger partial charge >= 0.3 is 0 Å². The third-order valence-corrected chi connectivity index (χ3v) is 3.80. The summed E-state index contributed by atoms with van der Waals surface area (Å²) in [5.74, 6) is -1.72. The Kier molecular flexibility index (Phi) is 3.03. The van der Waals surface area contributed by atoms with E-state index in [1.807, 2.05) is 0 Å². The van der Waals surface area contributed by atoms with Crippen molar-refractivity contribution in [3.8, 4) is 0 Å². The van der Waals surface area contributed by atoms with E-state index in [2.05, 4.69) is 0 Å². The molecule has 0 aliphatic carbocycles. The Bertz CT molecular complexity index is 421. The van der Waals surface area contributed by atoms with Gasteiger partial charge in [-0.05, 0) is 27.7 Å². The molecule has 0 aromatic rings. The fourth-order valence-electron chi connectivity index (χ4n) is 3.02. The topological polar surface area (TPSA) is 83.5 Å². The lowest BCUT2D eigenvalue weighted by atomic mass is 9.88. The summed E-state index contributed by atoms with van der Waals surface area (Å²) in [5.41, 5.74) is -1.50. The van der Waals surface area contributed by atoms with Gasteiger partial charge in [0, 0.05) is 0 Å². The monoisotopic (exact) mass is 288 g/mol. The lowest BCUT2D eigenvalue weighted by Crippen LogP contribution is -2.64. The van der Waals surface area contributed by atoms with E-state index in [4.69, 9.17) is 23.7 Å². The molecule has 5 atom stereocenters. The van der Waals surface area contributed by atoms with Crippen molar-refractivity contribution in [3.05, 3.63) is 0 Å². The minimum absolute atomic E-state index is 0.503. The zero-order valence-electron chi connectivity index (χ0n) is 12.0. The van der Waals surface area contributed by atoms with Gasteiger partial charge in [-0.1, -0.05) is 0 Å². The van der Waals surface area contributed by atoms with Crippen molar-refractivity contribution in [2.75, 3.05) is 6.61 Å². The summed E-state index contributed by atoms with van der Waals surface area (Å²) in [6.07, 6.45) is -2.00. The quantitative estimate of drug-likeness (QED) is 0.713. The third kappa shape index (κ3) is 2.01. The Balaban J connectivity index is 1.98. The number of rotatable bonds is 2. The second-order valence-electron chi connectivity index (χ2n) is 6.34. The lowest BCUT2D eigenvalue weighted by Gasteiger charge is -2.42. The molecule has 3 saturated heterocycles. The van der Waals surface area contributed by atoms with Gasteiger partial charge in [0.05, 0.1) is 6.61 Å². The van der Waals surface area contributed by atoms with E-state index in [-0.39, 0.29) is 0 Å². The first kappa shape index (κ1) is 14.4. The van der Waals surface area contributed by atoms with Gasteiger partial charge in [0.25, 0.3) is 0 Å². The molecule has 0 aromatic heterocycles. The maximum atomic E-state index is 11.5. The van der Waals surface area contributed by atoms with Crippen LogP contribution in [0.5, 0.6) is 0 Å². The molecule has 3 heterocycles. The molecule has 0 radical (unpaired) electrons. The second kappa shape index (κ2) is 4.22. The van der Waals surface area contributed by atoms with Gasteiger partial charge in [-0.15, -0.1) is 0 Å². The Labute approximate surface area is 117 Å². The van der Waals surface area contributed by atoms with Crippen molar-refractivity contribution >= 4 is 6.29 Å². The maximum Gasteiger partial charge on any atom is 0.191 e. The number of hydrogen-bond donors (Lipinski definition) is 1. The molecule has 0 amide bonds. The smallest absolute Gasteiger partial charge is 0.191 e. The highest BCUT2D eigenvalue weighted by Gasteiger charge is 2.66. The van der Waals surface area contributed by atoms with E-state index >= 15 is 0 Å². The molecule has 20 heavy (non-hydrogen) atoms.